The number of anilines is 1. The summed E-state index contributed by atoms with van der Waals surface area (Å²) in [5, 5.41) is 9.81. The third-order valence-electron chi connectivity index (χ3n) is 4.34. The zero-order valence-corrected chi connectivity index (χ0v) is 17.3. The molecular formula is C20H23N5O3S. The predicted octanol–water partition coefficient (Wildman–Crippen LogP) is 2.75. The highest BCUT2D eigenvalue weighted by Gasteiger charge is 2.16. The van der Waals surface area contributed by atoms with Crippen molar-refractivity contribution in [2.75, 3.05) is 19.4 Å². The molecule has 2 amide bonds. The van der Waals surface area contributed by atoms with Gasteiger partial charge in [0.1, 0.15) is 0 Å². The maximum Gasteiger partial charge on any atom is 0.319 e. The predicted molar refractivity (Wildman–Crippen MR) is 111 cm³/mol. The van der Waals surface area contributed by atoms with Gasteiger partial charge in [0.05, 0.1) is 10.6 Å². The van der Waals surface area contributed by atoms with Crippen LogP contribution in [0.25, 0.3) is 5.69 Å². The molecule has 0 radical (unpaired) electrons. The van der Waals surface area contributed by atoms with Gasteiger partial charge in [-0.1, -0.05) is 18.2 Å². The third-order valence-corrected chi connectivity index (χ3v) is 6.16. The SMILES string of the molecule is Cc1ccnn1-c1cccc(NC(=O)NCc2ccc(S(=O)(=O)N(C)C)cc2)c1. The number of urea groups is 1. The van der Waals surface area contributed by atoms with Gasteiger partial charge in [-0.25, -0.2) is 22.2 Å². The lowest BCUT2D eigenvalue weighted by molar-refractivity contribution is 0.251. The van der Waals surface area contributed by atoms with Crippen molar-refractivity contribution >= 4 is 21.7 Å². The molecule has 0 aliphatic carbocycles. The summed E-state index contributed by atoms with van der Waals surface area (Å²) in [6, 6.07) is 15.3. The van der Waals surface area contributed by atoms with Crippen molar-refractivity contribution in [3.05, 3.63) is 72.1 Å². The molecule has 152 valence electrons. The molecule has 0 saturated carbocycles. The Morgan fingerprint density at radius 2 is 1.83 bits per heavy atom. The number of rotatable bonds is 6. The van der Waals surface area contributed by atoms with Crippen LogP contribution in [0.5, 0.6) is 0 Å². The van der Waals surface area contributed by atoms with Crippen LogP contribution >= 0.6 is 0 Å². The van der Waals surface area contributed by atoms with Crippen molar-refractivity contribution < 1.29 is 13.2 Å². The highest BCUT2D eigenvalue weighted by Crippen LogP contribution is 2.16. The Kier molecular flexibility index (Phi) is 6.00. The van der Waals surface area contributed by atoms with E-state index >= 15 is 0 Å². The van der Waals surface area contributed by atoms with Gasteiger partial charge in [-0.2, -0.15) is 5.10 Å². The van der Waals surface area contributed by atoms with Gasteiger partial charge in [-0.3, -0.25) is 0 Å². The average Bonchev–Trinajstić information content (AvgIpc) is 3.13. The zero-order valence-electron chi connectivity index (χ0n) is 16.5. The van der Waals surface area contributed by atoms with Gasteiger partial charge < -0.3 is 10.6 Å². The number of amides is 2. The molecule has 2 aromatic carbocycles. The second-order valence-corrected chi connectivity index (χ2v) is 8.83. The minimum atomic E-state index is -3.46. The van der Waals surface area contributed by atoms with E-state index in [1.807, 2.05) is 31.2 Å². The number of carbonyl (C=O) groups excluding carboxylic acids is 1. The number of nitrogens with one attached hydrogen (secondary N) is 2. The van der Waals surface area contributed by atoms with Crippen LogP contribution in [0.2, 0.25) is 0 Å². The molecular weight excluding hydrogens is 390 g/mol. The lowest BCUT2D eigenvalue weighted by Crippen LogP contribution is -2.28. The number of hydrogen-bond donors (Lipinski definition) is 2. The van der Waals surface area contributed by atoms with E-state index in [1.165, 1.54) is 26.2 Å². The first kappa shape index (κ1) is 20.6. The molecule has 2 N–H and O–H groups in total. The second kappa shape index (κ2) is 8.46. The number of benzene rings is 2. The highest BCUT2D eigenvalue weighted by molar-refractivity contribution is 7.89. The summed E-state index contributed by atoms with van der Waals surface area (Å²) >= 11 is 0. The van der Waals surface area contributed by atoms with Gasteiger partial charge in [0.2, 0.25) is 10.0 Å². The molecule has 0 fully saturated rings. The summed E-state index contributed by atoms with van der Waals surface area (Å²) in [5.41, 5.74) is 3.27. The molecule has 0 atom stereocenters. The lowest BCUT2D eigenvalue weighted by Gasteiger charge is -2.12. The molecule has 0 saturated heterocycles. The van der Waals surface area contributed by atoms with Crippen molar-refractivity contribution in [1.82, 2.24) is 19.4 Å². The minimum absolute atomic E-state index is 0.210. The maximum absolute atomic E-state index is 12.2. The largest absolute Gasteiger partial charge is 0.334 e. The Labute approximate surface area is 170 Å². The Morgan fingerprint density at radius 1 is 1.10 bits per heavy atom. The zero-order chi connectivity index (χ0) is 21.0. The Hall–Kier alpha value is -3.17. The van der Waals surface area contributed by atoms with Gasteiger partial charge in [0, 0.05) is 38.2 Å². The van der Waals surface area contributed by atoms with E-state index < -0.39 is 10.0 Å². The summed E-state index contributed by atoms with van der Waals surface area (Å²) in [5.74, 6) is 0. The van der Waals surface area contributed by atoms with Gasteiger partial charge in [0.15, 0.2) is 0 Å². The van der Waals surface area contributed by atoms with Crippen LogP contribution in [0.3, 0.4) is 0 Å². The first-order valence-electron chi connectivity index (χ1n) is 8.95. The van der Waals surface area contributed by atoms with Gasteiger partial charge in [-0.15, -0.1) is 0 Å². The van der Waals surface area contributed by atoms with Crippen LogP contribution in [0.15, 0.2) is 65.7 Å². The van der Waals surface area contributed by atoms with E-state index in [9.17, 15) is 13.2 Å². The summed E-state index contributed by atoms with van der Waals surface area (Å²) in [7, 11) is -0.497. The summed E-state index contributed by atoms with van der Waals surface area (Å²) < 4.78 is 27.1. The molecule has 9 heteroatoms. The molecule has 3 rings (SSSR count). The van der Waals surface area contributed by atoms with Gasteiger partial charge in [0.25, 0.3) is 0 Å². The molecule has 1 heterocycles. The normalized spacial score (nSPS) is 11.4. The lowest BCUT2D eigenvalue weighted by atomic mass is 10.2. The molecule has 29 heavy (non-hydrogen) atoms. The molecule has 0 unspecified atom stereocenters. The average molecular weight is 414 g/mol. The van der Waals surface area contributed by atoms with Crippen LogP contribution in [0, 0.1) is 6.92 Å². The first-order chi connectivity index (χ1) is 13.8. The molecule has 1 aromatic heterocycles. The summed E-state index contributed by atoms with van der Waals surface area (Å²) in [4.78, 5) is 12.4. The summed E-state index contributed by atoms with van der Waals surface area (Å²) in [6.07, 6.45) is 1.72. The van der Waals surface area contributed by atoms with E-state index in [1.54, 1.807) is 29.1 Å². The molecule has 3 aromatic rings. The van der Waals surface area contributed by atoms with Crippen LogP contribution in [-0.4, -0.2) is 42.6 Å². The van der Waals surface area contributed by atoms with Crippen LogP contribution < -0.4 is 10.6 Å². The van der Waals surface area contributed by atoms with Crippen LogP contribution in [0.1, 0.15) is 11.3 Å². The minimum Gasteiger partial charge on any atom is -0.334 e. The third kappa shape index (κ3) is 4.82. The quantitative estimate of drug-likeness (QED) is 0.649. The van der Waals surface area contributed by atoms with Crippen molar-refractivity contribution in [3.8, 4) is 5.69 Å². The highest BCUT2D eigenvalue weighted by atomic mass is 32.2. The number of aryl methyl sites for hydroxylation is 1. The van der Waals surface area contributed by atoms with E-state index in [4.69, 9.17) is 0 Å². The van der Waals surface area contributed by atoms with Crippen LogP contribution in [0.4, 0.5) is 10.5 Å². The molecule has 0 spiro atoms. The van der Waals surface area contributed by atoms with Crippen molar-refractivity contribution in [2.45, 2.75) is 18.4 Å². The fourth-order valence-corrected chi connectivity index (χ4v) is 3.60. The monoisotopic (exact) mass is 413 g/mol. The van der Waals surface area contributed by atoms with E-state index in [-0.39, 0.29) is 17.5 Å². The maximum atomic E-state index is 12.2. The van der Waals surface area contributed by atoms with Crippen LogP contribution in [-0.2, 0) is 16.6 Å². The number of sulfonamides is 1. The first-order valence-corrected chi connectivity index (χ1v) is 10.4. The fourth-order valence-electron chi connectivity index (χ4n) is 2.70. The standard InChI is InChI=1S/C20H23N5O3S/c1-15-11-12-22-25(15)18-6-4-5-17(13-18)23-20(26)21-14-16-7-9-19(10-8-16)29(27,28)24(2)3/h4-13H,14H2,1-3H3,(H2,21,23,26). The summed E-state index contributed by atoms with van der Waals surface area (Å²) in [6.45, 7) is 2.22. The fraction of sp³-hybridized carbons (Fsp3) is 0.200. The number of nitrogens with zero attached hydrogens (tertiary/aromatic N) is 3. The van der Waals surface area contributed by atoms with Crippen molar-refractivity contribution in [2.24, 2.45) is 0 Å². The number of hydrogen-bond acceptors (Lipinski definition) is 4. The van der Waals surface area contributed by atoms with E-state index in [0.717, 1.165) is 21.2 Å². The number of carbonyl (C=O) groups is 1. The molecule has 0 bridgehead atoms. The topological polar surface area (TPSA) is 96.3 Å². The van der Waals surface area contributed by atoms with Crippen molar-refractivity contribution in [1.29, 1.82) is 0 Å². The Morgan fingerprint density at radius 3 is 2.45 bits per heavy atom. The molecule has 8 nitrogen and oxygen atoms in total. The molecule has 0 aliphatic heterocycles. The second-order valence-electron chi connectivity index (χ2n) is 6.67. The van der Waals surface area contributed by atoms with Gasteiger partial charge in [-0.05, 0) is 48.9 Å². The Balaban J connectivity index is 1.60. The Bertz CT molecular complexity index is 1110. The van der Waals surface area contributed by atoms with E-state index in [2.05, 4.69) is 15.7 Å². The smallest absolute Gasteiger partial charge is 0.319 e. The van der Waals surface area contributed by atoms with Gasteiger partial charge >= 0.3 is 6.03 Å². The van der Waals surface area contributed by atoms with Crippen molar-refractivity contribution in [3.63, 3.8) is 0 Å². The molecule has 0 aliphatic rings. The number of aromatic nitrogens is 2. The van der Waals surface area contributed by atoms with E-state index in [0.29, 0.717) is 5.69 Å².